The predicted octanol–water partition coefficient (Wildman–Crippen LogP) is 2.80. The molecule has 0 aliphatic carbocycles. The number of hydrogen-bond acceptors (Lipinski definition) is 3. The molecule has 0 bridgehead atoms. The maximum Gasteiger partial charge on any atom is 0.191 e. The number of likely N-dealkylation sites (tertiary alicyclic amines) is 1. The minimum absolute atomic E-state index is 0.254. The summed E-state index contributed by atoms with van der Waals surface area (Å²) in [7, 11) is 1.73. The molecule has 0 aromatic heterocycles. The molecular weight excluding hydrogens is 312 g/mol. The molecule has 1 saturated heterocycles. The van der Waals surface area contributed by atoms with Gasteiger partial charge < -0.3 is 15.4 Å². The first-order valence-corrected chi connectivity index (χ1v) is 9.42. The van der Waals surface area contributed by atoms with Crippen molar-refractivity contribution >= 4 is 5.96 Å². The molecule has 0 radical (unpaired) electrons. The van der Waals surface area contributed by atoms with E-state index in [9.17, 15) is 0 Å². The first-order valence-electron chi connectivity index (χ1n) is 9.42. The number of ether oxygens (including phenoxy) is 1. The molecule has 1 heterocycles. The summed E-state index contributed by atoms with van der Waals surface area (Å²) in [6.45, 7) is 10.9. The molecule has 2 N–H and O–H groups in total. The molecule has 0 amide bonds. The first kappa shape index (κ1) is 19.7. The zero-order chi connectivity index (χ0) is 18.1. The van der Waals surface area contributed by atoms with Crippen LogP contribution in [0.1, 0.15) is 45.2 Å². The van der Waals surface area contributed by atoms with Gasteiger partial charge in [-0.1, -0.05) is 30.3 Å². The number of rotatable bonds is 8. The highest BCUT2D eigenvalue weighted by Crippen LogP contribution is 2.24. The second kappa shape index (κ2) is 9.78. The van der Waals surface area contributed by atoms with E-state index in [0.717, 1.165) is 19.0 Å². The van der Waals surface area contributed by atoms with Crippen molar-refractivity contribution in [2.45, 2.75) is 45.3 Å². The Morgan fingerprint density at radius 3 is 2.48 bits per heavy atom. The maximum absolute atomic E-state index is 5.47. The van der Waals surface area contributed by atoms with E-state index in [-0.39, 0.29) is 5.60 Å². The molecule has 1 aromatic carbocycles. The van der Waals surface area contributed by atoms with Crippen LogP contribution in [0.15, 0.2) is 35.3 Å². The van der Waals surface area contributed by atoms with Crippen molar-refractivity contribution in [3.05, 3.63) is 35.9 Å². The Kier molecular flexibility index (Phi) is 7.72. The van der Waals surface area contributed by atoms with Crippen molar-refractivity contribution < 1.29 is 4.74 Å². The minimum atomic E-state index is -0.254. The predicted molar refractivity (Wildman–Crippen MR) is 105 cm³/mol. The summed E-state index contributed by atoms with van der Waals surface area (Å²) in [6.07, 6.45) is 2.58. The van der Waals surface area contributed by atoms with Gasteiger partial charge in [0.2, 0.25) is 0 Å². The third-order valence-corrected chi connectivity index (χ3v) is 4.74. The average Bonchev–Trinajstić information content (AvgIpc) is 3.15. The second-order valence-corrected chi connectivity index (χ2v) is 7.21. The Hall–Kier alpha value is -1.59. The van der Waals surface area contributed by atoms with Crippen LogP contribution in [0.4, 0.5) is 0 Å². The van der Waals surface area contributed by atoms with Gasteiger partial charge in [0.1, 0.15) is 0 Å². The third kappa shape index (κ3) is 6.33. The number of guanidine groups is 1. The number of methoxy groups -OCH3 is 1. The monoisotopic (exact) mass is 346 g/mol. The number of nitrogens with one attached hydrogen (secondary N) is 2. The van der Waals surface area contributed by atoms with Gasteiger partial charge in [0.05, 0.1) is 18.2 Å². The summed E-state index contributed by atoms with van der Waals surface area (Å²) in [5.41, 5.74) is 1.11. The standard InChI is InChI=1S/C20H34N4O/c1-5-21-19(23-16-20(2,3)25-4)22-15-18(24-13-9-10-14-24)17-11-7-6-8-12-17/h6-8,11-12,18H,5,9-10,13-16H2,1-4H3,(H2,21,22,23). The summed E-state index contributed by atoms with van der Waals surface area (Å²) < 4.78 is 5.47. The molecule has 1 fully saturated rings. The maximum atomic E-state index is 5.47. The molecule has 1 aliphatic heterocycles. The van der Waals surface area contributed by atoms with E-state index in [4.69, 9.17) is 9.73 Å². The van der Waals surface area contributed by atoms with Crippen molar-refractivity contribution in [3.63, 3.8) is 0 Å². The van der Waals surface area contributed by atoms with Crippen molar-refractivity contribution in [1.29, 1.82) is 0 Å². The second-order valence-electron chi connectivity index (χ2n) is 7.21. The van der Waals surface area contributed by atoms with Gasteiger partial charge >= 0.3 is 0 Å². The lowest BCUT2D eigenvalue weighted by molar-refractivity contribution is 0.0310. The fourth-order valence-electron chi connectivity index (χ4n) is 3.06. The molecule has 1 aliphatic rings. The molecular formula is C20H34N4O. The highest BCUT2D eigenvalue weighted by molar-refractivity contribution is 5.79. The Bertz CT molecular complexity index is 524. The van der Waals surface area contributed by atoms with Crippen LogP contribution in [-0.2, 0) is 4.74 Å². The van der Waals surface area contributed by atoms with Crippen LogP contribution in [0.25, 0.3) is 0 Å². The van der Waals surface area contributed by atoms with Gasteiger partial charge in [-0.3, -0.25) is 9.89 Å². The van der Waals surface area contributed by atoms with Crippen molar-refractivity contribution in [2.75, 3.05) is 39.8 Å². The summed E-state index contributed by atoms with van der Waals surface area (Å²) in [5, 5.41) is 6.88. The molecule has 2 rings (SSSR count). The highest BCUT2D eigenvalue weighted by atomic mass is 16.5. The van der Waals surface area contributed by atoms with E-state index >= 15 is 0 Å². The molecule has 5 heteroatoms. The Morgan fingerprint density at radius 1 is 1.20 bits per heavy atom. The SMILES string of the molecule is CCNC(=NCC(C)(C)OC)NCC(c1ccccc1)N1CCCC1. The summed E-state index contributed by atoms with van der Waals surface area (Å²) >= 11 is 0. The summed E-state index contributed by atoms with van der Waals surface area (Å²) in [6, 6.07) is 11.2. The molecule has 25 heavy (non-hydrogen) atoms. The van der Waals surface area contributed by atoms with Crippen molar-refractivity contribution in [1.82, 2.24) is 15.5 Å². The van der Waals surface area contributed by atoms with Crippen LogP contribution >= 0.6 is 0 Å². The van der Waals surface area contributed by atoms with E-state index in [1.165, 1.54) is 31.5 Å². The van der Waals surface area contributed by atoms with E-state index in [0.29, 0.717) is 12.6 Å². The van der Waals surface area contributed by atoms with Crippen molar-refractivity contribution in [2.24, 2.45) is 4.99 Å². The lowest BCUT2D eigenvalue weighted by Crippen LogP contribution is -2.43. The van der Waals surface area contributed by atoms with Gasteiger partial charge in [-0.15, -0.1) is 0 Å². The van der Waals surface area contributed by atoms with Gasteiger partial charge in [-0.25, -0.2) is 0 Å². The van der Waals surface area contributed by atoms with Crippen LogP contribution in [0.2, 0.25) is 0 Å². The van der Waals surface area contributed by atoms with E-state index in [2.05, 4.69) is 66.6 Å². The zero-order valence-electron chi connectivity index (χ0n) is 16.2. The first-order chi connectivity index (χ1) is 12.1. The molecule has 140 valence electrons. The number of nitrogens with zero attached hydrogens (tertiary/aromatic N) is 2. The molecule has 1 unspecified atom stereocenters. The Balaban J connectivity index is 2.04. The van der Waals surface area contributed by atoms with Crippen LogP contribution in [0, 0.1) is 0 Å². The lowest BCUT2D eigenvalue weighted by atomic mass is 10.1. The van der Waals surface area contributed by atoms with Crippen LogP contribution in [0.5, 0.6) is 0 Å². The molecule has 0 saturated carbocycles. The van der Waals surface area contributed by atoms with Gasteiger partial charge in [-0.05, 0) is 52.3 Å². The largest absolute Gasteiger partial charge is 0.377 e. The normalized spacial score (nSPS) is 17.5. The van der Waals surface area contributed by atoms with Crippen LogP contribution in [-0.4, -0.2) is 56.3 Å². The summed E-state index contributed by atoms with van der Waals surface area (Å²) in [4.78, 5) is 7.27. The quantitative estimate of drug-likeness (QED) is 0.561. The Morgan fingerprint density at radius 2 is 1.88 bits per heavy atom. The fourth-order valence-corrected chi connectivity index (χ4v) is 3.06. The van der Waals surface area contributed by atoms with E-state index in [1.54, 1.807) is 7.11 Å². The number of benzene rings is 1. The van der Waals surface area contributed by atoms with Gasteiger partial charge in [-0.2, -0.15) is 0 Å². The third-order valence-electron chi connectivity index (χ3n) is 4.74. The van der Waals surface area contributed by atoms with Crippen molar-refractivity contribution in [3.8, 4) is 0 Å². The van der Waals surface area contributed by atoms with E-state index < -0.39 is 0 Å². The number of aliphatic imine (C=N–C) groups is 1. The van der Waals surface area contributed by atoms with Gasteiger partial charge in [0, 0.05) is 20.2 Å². The Labute approximate surface area is 152 Å². The van der Waals surface area contributed by atoms with Gasteiger partial charge in [0.15, 0.2) is 5.96 Å². The molecule has 1 aromatic rings. The molecule has 1 atom stereocenters. The molecule has 0 spiro atoms. The van der Waals surface area contributed by atoms with Crippen LogP contribution in [0.3, 0.4) is 0 Å². The minimum Gasteiger partial charge on any atom is -0.377 e. The highest BCUT2D eigenvalue weighted by Gasteiger charge is 2.23. The fraction of sp³-hybridized carbons (Fsp3) is 0.650. The summed E-state index contributed by atoms with van der Waals surface area (Å²) in [5.74, 6) is 0.854. The lowest BCUT2D eigenvalue weighted by Gasteiger charge is -2.29. The average molecular weight is 347 g/mol. The smallest absolute Gasteiger partial charge is 0.191 e. The van der Waals surface area contributed by atoms with Gasteiger partial charge in [0.25, 0.3) is 0 Å². The van der Waals surface area contributed by atoms with E-state index in [1.807, 2.05) is 0 Å². The van der Waals surface area contributed by atoms with Crippen LogP contribution < -0.4 is 10.6 Å². The topological polar surface area (TPSA) is 48.9 Å². The molecule has 5 nitrogen and oxygen atoms in total. The zero-order valence-corrected chi connectivity index (χ0v) is 16.2. The number of hydrogen-bond donors (Lipinski definition) is 2.